The van der Waals surface area contributed by atoms with Gasteiger partial charge in [-0.05, 0) is 91.2 Å². The largest absolute Gasteiger partial charge is 0.507 e. The van der Waals surface area contributed by atoms with E-state index in [1.54, 1.807) is 54.4 Å². The summed E-state index contributed by atoms with van der Waals surface area (Å²) in [5.41, 5.74) is 9.06. The van der Waals surface area contributed by atoms with Crippen molar-refractivity contribution in [2.24, 2.45) is 5.73 Å². The van der Waals surface area contributed by atoms with Crippen LogP contribution in [-0.4, -0.2) is 121 Å². The number of H-pyrrole nitrogens is 1. The molecule has 0 bridgehead atoms. The van der Waals surface area contributed by atoms with Crippen molar-refractivity contribution in [3.63, 3.8) is 0 Å². The predicted molar refractivity (Wildman–Crippen MR) is 277 cm³/mol. The number of benzene rings is 4. The summed E-state index contributed by atoms with van der Waals surface area (Å²) in [7, 11) is 1.57. The fraction of sp³-hybridized carbons (Fsp3) is 0.333. The molecule has 2 heterocycles. The Bertz CT molecular complexity index is 2690. The Hall–Kier alpha value is -7.77. The van der Waals surface area contributed by atoms with Crippen molar-refractivity contribution < 1.29 is 43.5 Å². The molecule has 1 aromatic heterocycles. The van der Waals surface area contributed by atoms with Gasteiger partial charge in [-0.1, -0.05) is 44.5 Å². The topological polar surface area (TPSA) is 277 Å². The van der Waals surface area contributed by atoms with Crippen LogP contribution in [0.3, 0.4) is 0 Å². The number of rotatable bonds is 21. The highest BCUT2D eigenvalue weighted by molar-refractivity contribution is 6.15. The van der Waals surface area contributed by atoms with Crippen molar-refractivity contribution >= 4 is 98.1 Å². The normalized spacial score (nSPS) is 11.8. The minimum atomic E-state index is -0.991. The van der Waals surface area contributed by atoms with Gasteiger partial charge in [0.15, 0.2) is 0 Å². The number of aromatic nitrogens is 1. The monoisotopic (exact) mass is 994 g/mol. The van der Waals surface area contributed by atoms with Crippen molar-refractivity contribution in [1.29, 1.82) is 0 Å². The lowest BCUT2D eigenvalue weighted by molar-refractivity contribution is -0.126. The van der Waals surface area contributed by atoms with E-state index in [1.165, 1.54) is 29.8 Å². The first-order chi connectivity index (χ1) is 34.2. The van der Waals surface area contributed by atoms with Gasteiger partial charge in [0.1, 0.15) is 23.8 Å². The van der Waals surface area contributed by atoms with Gasteiger partial charge < -0.3 is 57.5 Å². The van der Waals surface area contributed by atoms with Gasteiger partial charge in [0.2, 0.25) is 23.6 Å². The highest BCUT2D eigenvalue weighted by Crippen LogP contribution is 2.40. The average molecular weight is 996 g/mol. The van der Waals surface area contributed by atoms with Crippen LogP contribution in [0.25, 0.3) is 21.7 Å². The summed E-state index contributed by atoms with van der Waals surface area (Å²) in [5, 5.41) is 29.5. The molecular formula is C51H63ClN10O9. The number of hydrogen-bond donors (Lipinski definition) is 9. The van der Waals surface area contributed by atoms with E-state index in [2.05, 4.69) is 62.3 Å². The molecule has 5 aromatic rings. The van der Waals surface area contributed by atoms with Crippen molar-refractivity contribution in [2.75, 3.05) is 68.2 Å². The molecule has 4 aromatic carbocycles. The summed E-state index contributed by atoms with van der Waals surface area (Å²) in [6, 6.07) is 20.6. The number of anilines is 3. The van der Waals surface area contributed by atoms with E-state index in [0.717, 1.165) is 28.5 Å². The predicted octanol–water partition coefficient (Wildman–Crippen LogP) is 5.32. The van der Waals surface area contributed by atoms with Crippen LogP contribution in [0.2, 0.25) is 0 Å². The van der Waals surface area contributed by atoms with Crippen LogP contribution >= 0.6 is 11.6 Å². The number of halogens is 1. The molecule has 378 valence electrons. The Morgan fingerprint density at radius 1 is 0.859 bits per heavy atom. The van der Waals surface area contributed by atoms with E-state index in [-0.39, 0.29) is 62.5 Å². The fourth-order valence-corrected chi connectivity index (χ4v) is 7.52. The van der Waals surface area contributed by atoms with E-state index in [9.17, 15) is 43.5 Å². The summed E-state index contributed by atoms with van der Waals surface area (Å²) in [5.74, 6) is -2.14. The van der Waals surface area contributed by atoms with Crippen LogP contribution in [0.5, 0.6) is 5.75 Å². The second-order valence-corrected chi connectivity index (χ2v) is 16.3. The molecule has 10 N–H and O–H groups in total. The number of aromatic amines is 1. The lowest BCUT2D eigenvalue weighted by atomic mass is 10.0. The number of hydrogen-bond acceptors (Lipinski definition) is 10. The molecule has 0 spiro atoms. The maximum Gasteiger partial charge on any atom is 0.312 e. The minimum absolute atomic E-state index is 0.111. The molecule has 1 aliphatic heterocycles. The average Bonchev–Trinajstić information content (AvgIpc) is 3.99. The van der Waals surface area contributed by atoms with E-state index >= 15 is 0 Å². The van der Waals surface area contributed by atoms with Gasteiger partial charge in [-0.15, -0.1) is 11.6 Å². The number of allylic oxidation sites excluding steroid dienone is 1. The molecular weight excluding hydrogens is 932 g/mol. The number of likely N-dealkylation sites (N-methyl/N-ethyl adjacent to an activating group) is 1. The van der Waals surface area contributed by atoms with E-state index in [1.807, 2.05) is 24.3 Å². The van der Waals surface area contributed by atoms with Crippen molar-refractivity contribution in [3.05, 3.63) is 108 Å². The SMILES string of the molecule is CCC.CCl.CN(CCCC(=O)NCCNCC(=O)NC(CCCNC(N)=O)C(=O)Nc1ccc(C(=O)Nc2ccc3[nH]c(C(=O)N4CCc5c4cc(O)c4ccccc54)cc3c2)cc1)C(=O)/C=C\C=O. The highest BCUT2D eigenvalue weighted by atomic mass is 35.5. The van der Waals surface area contributed by atoms with Crippen LogP contribution in [0, 0.1) is 0 Å². The number of nitrogens with one attached hydrogen (secondary N) is 7. The number of carbonyl (C=O) groups is 8. The number of alkyl halides is 1. The number of aldehydes is 1. The van der Waals surface area contributed by atoms with Gasteiger partial charge in [0, 0.05) is 97.9 Å². The molecule has 0 saturated carbocycles. The Morgan fingerprint density at radius 3 is 2.27 bits per heavy atom. The summed E-state index contributed by atoms with van der Waals surface area (Å²) in [4.78, 5) is 105. The third-order valence-corrected chi connectivity index (χ3v) is 10.9. The Morgan fingerprint density at radius 2 is 1.56 bits per heavy atom. The van der Waals surface area contributed by atoms with Crippen molar-refractivity contribution in [3.8, 4) is 5.75 Å². The molecule has 0 saturated heterocycles. The van der Waals surface area contributed by atoms with Crippen LogP contribution in [0.1, 0.15) is 72.4 Å². The number of aromatic hydroxyl groups is 1. The second kappa shape index (κ2) is 28.7. The molecule has 71 heavy (non-hydrogen) atoms. The highest BCUT2D eigenvalue weighted by Gasteiger charge is 2.29. The van der Waals surface area contributed by atoms with Gasteiger partial charge in [-0.3, -0.25) is 33.6 Å². The van der Waals surface area contributed by atoms with Crippen molar-refractivity contribution in [1.82, 2.24) is 31.2 Å². The lowest BCUT2D eigenvalue weighted by Gasteiger charge is -2.19. The van der Waals surface area contributed by atoms with Crippen LogP contribution < -0.4 is 42.5 Å². The molecule has 0 aliphatic carbocycles. The minimum Gasteiger partial charge on any atom is -0.507 e. The van der Waals surface area contributed by atoms with Gasteiger partial charge in [0.05, 0.1) is 12.2 Å². The number of carbonyl (C=O) groups excluding carboxylic acids is 8. The van der Waals surface area contributed by atoms with Gasteiger partial charge >= 0.3 is 6.03 Å². The third-order valence-electron chi connectivity index (χ3n) is 10.9. The van der Waals surface area contributed by atoms with Gasteiger partial charge in [-0.2, -0.15) is 0 Å². The maximum atomic E-state index is 13.7. The van der Waals surface area contributed by atoms with Crippen LogP contribution in [0.15, 0.2) is 91.0 Å². The number of phenolic OH excluding ortho intramolecular Hbond substituents is 1. The number of amides is 8. The molecule has 0 fully saturated rings. The zero-order valence-electron chi connectivity index (χ0n) is 40.4. The number of fused-ring (bicyclic) bond motifs is 4. The molecule has 8 amide bonds. The molecule has 1 atom stereocenters. The van der Waals surface area contributed by atoms with Crippen LogP contribution in [0.4, 0.5) is 21.9 Å². The number of nitrogens with zero attached hydrogens (tertiary/aromatic N) is 2. The summed E-state index contributed by atoms with van der Waals surface area (Å²) < 4.78 is 0. The van der Waals surface area contributed by atoms with Gasteiger partial charge in [0.25, 0.3) is 11.8 Å². The molecule has 1 aliphatic rings. The zero-order valence-corrected chi connectivity index (χ0v) is 41.1. The molecule has 19 nitrogen and oxygen atoms in total. The Labute approximate surface area is 417 Å². The molecule has 20 heteroatoms. The molecule has 0 radical (unpaired) electrons. The maximum absolute atomic E-state index is 13.7. The van der Waals surface area contributed by atoms with Crippen LogP contribution in [-0.2, 0) is 30.4 Å². The summed E-state index contributed by atoms with van der Waals surface area (Å²) in [6.45, 7) is 5.55. The van der Waals surface area contributed by atoms with E-state index in [0.29, 0.717) is 77.9 Å². The summed E-state index contributed by atoms with van der Waals surface area (Å²) >= 11 is 4.64. The first kappa shape index (κ1) is 55.8. The smallest absolute Gasteiger partial charge is 0.312 e. The van der Waals surface area contributed by atoms with Gasteiger partial charge in [-0.25, -0.2) is 4.79 Å². The summed E-state index contributed by atoms with van der Waals surface area (Å²) in [6.07, 6.45) is 7.21. The quantitative estimate of drug-likeness (QED) is 0.0197. The fourth-order valence-electron chi connectivity index (χ4n) is 7.52. The standard InChI is InChI=1S/C47H52N10O9.C3H8.CH3Cl/c1-56(43(62)11-6-24-58)22-5-10-41(60)50-21-20-49-28-42(61)55-37(9-4-19-51-47(48)66)45(64)52-31-14-12-29(13-15-31)44(63)53-32-16-17-36-30(25-32)26-38(54-36)46(65)57-23-18-34-33-7-2-3-8-35(33)40(59)27-39(34)57;1-3-2;1-2/h2-3,6-8,11-17,24-27,37,49,54,59H,4-5,9-10,18-23,28H2,1H3,(H,50,60)(H,52,64)(H,53,63)(H,55,61)(H3,48,51,66);3H2,1-2H3;1H3/b11-6-;;. The third kappa shape index (κ3) is 16.7. The zero-order chi connectivity index (χ0) is 51.9. The number of phenols is 1. The van der Waals surface area contributed by atoms with E-state index < -0.39 is 29.8 Å². The number of nitrogens with two attached hydrogens (primary N) is 1. The van der Waals surface area contributed by atoms with E-state index in [4.69, 9.17) is 5.73 Å². The Kier molecular flexibility index (Phi) is 22.5. The number of primary amides is 1. The van der Waals surface area contributed by atoms with Crippen molar-refractivity contribution in [2.45, 2.75) is 58.4 Å². The first-order valence-corrected chi connectivity index (χ1v) is 23.9. The number of urea groups is 1. The first-order valence-electron chi connectivity index (χ1n) is 23.2. The Balaban J connectivity index is 0.00000211. The molecule has 1 unspecified atom stereocenters. The lowest BCUT2D eigenvalue weighted by Crippen LogP contribution is -2.47. The second-order valence-electron chi connectivity index (χ2n) is 16.3. The molecule has 6 rings (SSSR count).